The summed E-state index contributed by atoms with van der Waals surface area (Å²) in [4.78, 5) is 65.1. The normalized spacial score (nSPS) is 13.7. The molecular formula is C40H43F3N6O8S. The molecule has 0 radical (unpaired) electrons. The van der Waals surface area contributed by atoms with Gasteiger partial charge in [-0.1, -0.05) is 25.0 Å². The number of nitrogens with two attached hydrogens (primary N) is 1. The predicted molar refractivity (Wildman–Crippen MR) is 209 cm³/mol. The summed E-state index contributed by atoms with van der Waals surface area (Å²) in [6.07, 6.45) is 0.974. The van der Waals surface area contributed by atoms with E-state index >= 15 is 0 Å². The Labute approximate surface area is 335 Å². The number of thiazole rings is 1. The summed E-state index contributed by atoms with van der Waals surface area (Å²) in [5.74, 6) is -2.25. The number of aliphatic carboxylic acids is 1. The Balaban J connectivity index is 0.000000839. The molecule has 4 aromatic rings. The Morgan fingerprint density at radius 2 is 1.69 bits per heavy atom. The van der Waals surface area contributed by atoms with E-state index in [4.69, 9.17) is 25.1 Å². The number of carbonyl (C=O) groups excluding carboxylic acids is 4. The summed E-state index contributed by atoms with van der Waals surface area (Å²) < 4.78 is 43.1. The number of carboxylic acid groups (broad SMARTS) is 1. The van der Waals surface area contributed by atoms with Gasteiger partial charge >= 0.3 is 12.1 Å². The number of carboxylic acids is 1. The number of nitrogens with zero attached hydrogens (tertiary/aromatic N) is 2. The van der Waals surface area contributed by atoms with E-state index in [9.17, 15) is 32.3 Å². The highest BCUT2D eigenvalue weighted by molar-refractivity contribution is 7.07. The van der Waals surface area contributed by atoms with Gasteiger partial charge in [0.2, 0.25) is 5.91 Å². The van der Waals surface area contributed by atoms with E-state index in [2.05, 4.69) is 20.9 Å². The minimum absolute atomic E-state index is 0.0735. The van der Waals surface area contributed by atoms with E-state index < -0.39 is 18.2 Å². The minimum atomic E-state index is -5.08. The van der Waals surface area contributed by atoms with Crippen LogP contribution in [0.25, 0.3) is 0 Å². The van der Waals surface area contributed by atoms with E-state index in [1.54, 1.807) is 35.8 Å². The number of ether oxygens (including phenoxy) is 2. The maximum absolute atomic E-state index is 13.5. The highest BCUT2D eigenvalue weighted by atomic mass is 32.1. The molecule has 14 nitrogen and oxygen atoms in total. The Morgan fingerprint density at radius 1 is 1.00 bits per heavy atom. The fourth-order valence-electron chi connectivity index (χ4n) is 5.69. The van der Waals surface area contributed by atoms with E-state index in [1.165, 1.54) is 11.3 Å². The molecule has 58 heavy (non-hydrogen) atoms. The monoisotopic (exact) mass is 824 g/mol. The molecule has 0 bridgehead atoms. The van der Waals surface area contributed by atoms with Crippen LogP contribution in [0.3, 0.4) is 0 Å². The SMILES string of the molecule is N[C@@H](Cc1cscn1)C(=O)NCCCCCCOc1ccc(NC(=O)c2ccc(CN(C(=O)c3ccc4c(c3)OCC(=O)N4)C3CC3)cc2)cc1.O=C(O)C(F)(F)F. The van der Waals surface area contributed by atoms with Crippen LogP contribution in [-0.2, 0) is 27.3 Å². The lowest BCUT2D eigenvalue weighted by atomic mass is 10.1. The first kappa shape index (κ1) is 43.1. The van der Waals surface area contributed by atoms with Crippen molar-refractivity contribution in [1.29, 1.82) is 0 Å². The molecule has 3 aromatic carbocycles. The Kier molecular flexibility index (Phi) is 15.2. The molecule has 308 valence electrons. The van der Waals surface area contributed by atoms with Gasteiger partial charge in [-0.25, -0.2) is 9.78 Å². The van der Waals surface area contributed by atoms with Crippen LogP contribution in [0.4, 0.5) is 24.5 Å². The predicted octanol–water partition coefficient (Wildman–Crippen LogP) is 5.79. The van der Waals surface area contributed by atoms with Crippen molar-refractivity contribution in [3.8, 4) is 11.5 Å². The number of rotatable bonds is 17. The van der Waals surface area contributed by atoms with E-state index in [0.29, 0.717) is 54.4 Å². The third kappa shape index (κ3) is 13.3. The second-order valence-electron chi connectivity index (χ2n) is 13.5. The molecule has 1 fully saturated rings. The zero-order valence-corrected chi connectivity index (χ0v) is 32.1. The summed E-state index contributed by atoms with van der Waals surface area (Å²) in [6.45, 7) is 1.52. The quantitative estimate of drug-likeness (QED) is 0.0812. The second-order valence-corrected chi connectivity index (χ2v) is 14.3. The number of hydrogen-bond acceptors (Lipinski definition) is 10. The summed E-state index contributed by atoms with van der Waals surface area (Å²) in [5.41, 5.74) is 11.7. The van der Waals surface area contributed by atoms with Crippen LogP contribution in [0, 0.1) is 0 Å². The van der Waals surface area contributed by atoms with Crippen LogP contribution in [-0.4, -0.2) is 82.6 Å². The number of benzene rings is 3. The minimum Gasteiger partial charge on any atom is -0.494 e. The summed E-state index contributed by atoms with van der Waals surface area (Å²) >= 11 is 1.49. The molecule has 1 aliphatic carbocycles. The summed E-state index contributed by atoms with van der Waals surface area (Å²) in [7, 11) is 0. The molecule has 1 saturated carbocycles. The van der Waals surface area contributed by atoms with Crippen LogP contribution in [0.15, 0.2) is 77.6 Å². The molecular weight excluding hydrogens is 782 g/mol. The number of halogens is 3. The number of aromatic nitrogens is 1. The van der Waals surface area contributed by atoms with Crippen molar-refractivity contribution >= 4 is 52.3 Å². The van der Waals surface area contributed by atoms with Gasteiger partial charge in [0.25, 0.3) is 17.7 Å². The van der Waals surface area contributed by atoms with Crippen molar-refractivity contribution in [2.45, 2.75) is 69.8 Å². The molecule has 2 heterocycles. The Bertz CT molecular complexity index is 2030. The van der Waals surface area contributed by atoms with Crippen LogP contribution >= 0.6 is 11.3 Å². The van der Waals surface area contributed by atoms with Gasteiger partial charge in [0.1, 0.15) is 11.5 Å². The highest BCUT2D eigenvalue weighted by Gasteiger charge is 2.38. The zero-order valence-electron chi connectivity index (χ0n) is 31.3. The molecule has 6 N–H and O–H groups in total. The van der Waals surface area contributed by atoms with Gasteiger partial charge in [0, 0.05) is 47.7 Å². The van der Waals surface area contributed by atoms with Gasteiger partial charge in [0.05, 0.1) is 29.5 Å². The fraction of sp³-hybridized carbons (Fsp3) is 0.350. The number of unbranched alkanes of at least 4 members (excludes halogenated alkanes) is 3. The van der Waals surface area contributed by atoms with Crippen LogP contribution in [0.5, 0.6) is 11.5 Å². The van der Waals surface area contributed by atoms with Crippen molar-refractivity contribution in [2.24, 2.45) is 5.73 Å². The molecule has 1 aliphatic heterocycles. The molecule has 0 spiro atoms. The van der Waals surface area contributed by atoms with Gasteiger partial charge in [-0.3, -0.25) is 19.2 Å². The van der Waals surface area contributed by atoms with Crippen molar-refractivity contribution < 1.29 is 51.7 Å². The molecule has 1 aromatic heterocycles. The van der Waals surface area contributed by atoms with Gasteiger partial charge in [-0.15, -0.1) is 11.3 Å². The molecule has 1 atom stereocenters. The maximum Gasteiger partial charge on any atom is 0.490 e. The lowest BCUT2D eigenvalue weighted by molar-refractivity contribution is -0.192. The summed E-state index contributed by atoms with van der Waals surface area (Å²) in [6, 6.07) is 19.2. The zero-order chi connectivity index (χ0) is 41.7. The van der Waals surface area contributed by atoms with Crippen molar-refractivity contribution in [3.63, 3.8) is 0 Å². The first-order valence-corrected chi connectivity index (χ1v) is 19.4. The average Bonchev–Trinajstić information content (AvgIpc) is 3.92. The van der Waals surface area contributed by atoms with E-state index in [-0.39, 0.29) is 36.3 Å². The number of nitrogens with one attached hydrogen (secondary N) is 3. The van der Waals surface area contributed by atoms with Crippen LogP contribution in [0.2, 0.25) is 0 Å². The first-order valence-electron chi connectivity index (χ1n) is 18.5. The van der Waals surface area contributed by atoms with Gasteiger partial charge < -0.3 is 41.2 Å². The molecule has 4 amide bonds. The van der Waals surface area contributed by atoms with Gasteiger partial charge in [-0.2, -0.15) is 13.2 Å². The number of fused-ring (bicyclic) bond motifs is 1. The molecule has 18 heteroatoms. The number of anilines is 2. The molecule has 6 rings (SSSR count). The molecule has 0 unspecified atom stereocenters. The number of carbonyl (C=O) groups is 5. The van der Waals surface area contributed by atoms with Crippen molar-refractivity contribution in [1.82, 2.24) is 15.2 Å². The van der Waals surface area contributed by atoms with Gasteiger partial charge in [0.15, 0.2) is 6.61 Å². The molecule has 0 saturated heterocycles. The summed E-state index contributed by atoms with van der Waals surface area (Å²) in [5, 5.41) is 17.6. The Hall–Kier alpha value is -6.01. The van der Waals surface area contributed by atoms with Crippen LogP contribution < -0.4 is 31.2 Å². The van der Waals surface area contributed by atoms with Gasteiger partial charge in [-0.05, 0) is 85.8 Å². The largest absolute Gasteiger partial charge is 0.494 e. The Morgan fingerprint density at radius 3 is 2.34 bits per heavy atom. The van der Waals surface area contributed by atoms with E-state index in [1.807, 2.05) is 46.7 Å². The molecule has 2 aliphatic rings. The maximum atomic E-state index is 13.5. The third-order valence-corrected chi connectivity index (χ3v) is 9.56. The number of alkyl halides is 3. The van der Waals surface area contributed by atoms with Crippen molar-refractivity contribution in [2.75, 3.05) is 30.4 Å². The number of amides is 4. The first-order chi connectivity index (χ1) is 27.8. The highest BCUT2D eigenvalue weighted by Crippen LogP contribution is 2.33. The van der Waals surface area contributed by atoms with Crippen molar-refractivity contribution in [3.05, 3.63) is 100 Å². The third-order valence-electron chi connectivity index (χ3n) is 8.92. The van der Waals surface area contributed by atoms with Crippen LogP contribution in [0.1, 0.15) is 70.5 Å². The lowest BCUT2D eigenvalue weighted by Crippen LogP contribution is -2.42. The smallest absolute Gasteiger partial charge is 0.490 e. The topological polar surface area (TPSA) is 202 Å². The number of hydrogen-bond donors (Lipinski definition) is 5. The lowest BCUT2D eigenvalue weighted by Gasteiger charge is -2.24. The fourth-order valence-corrected chi connectivity index (χ4v) is 6.26. The van der Waals surface area contributed by atoms with E-state index in [0.717, 1.165) is 55.5 Å². The second kappa shape index (κ2) is 20.4. The average molecular weight is 825 g/mol. The standard InChI is InChI=1S/C38H42N6O6S.C2HF3O2/c39-32(20-29-23-51-24-41-29)37(47)40-17-3-1-2-4-18-49-31-14-10-28(11-15-31)42-36(46)26-7-5-25(6-8-26)21-44(30-12-13-30)38(48)27-9-16-33-34(19-27)50-22-35(45)43-33;3-2(4,5)1(6)7/h5-11,14-16,19,23-24,30,32H,1-4,12-13,17-18,20-22,39H2,(H,40,47)(H,42,46)(H,43,45);(H,6,7)/t32-;/m0./s1.